The molecule has 0 unspecified atom stereocenters. The third kappa shape index (κ3) is 3.20. The highest BCUT2D eigenvalue weighted by Crippen LogP contribution is 2.21. The van der Waals surface area contributed by atoms with Gasteiger partial charge in [-0.25, -0.2) is 4.79 Å². The molecule has 0 aromatic heterocycles. The van der Waals surface area contributed by atoms with Gasteiger partial charge in [-0.05, 0) is 49.7 Å². The van der Waals surface area contributed by atoms with Crippen LogP contribution in [0, 0.1) is 13.8 Å². The van der Waals surface area contributed by atoms with Crippen molar-refractivity contribution in [1.82, 2.24) is 0 Å². The van der Waals surface area contributed by atoms with Crippen LogP contribution in [0.4, 0.5) is 5.69 Å². The second-order valence-electron chi connectivity index (χ2n) is 4.81. The maximum absolute atomic E-state index is 12.1. The molecule has 0 aliphatic carbocycles. The number of anilines is 1. The number of amides is 1. The highest BCUT2D eigenvalue weighted by molar-refractivity contribution is 6.06. The van der Waals surface area contributed by atoms with E-state index < -0.39 is 11.9 Å². The molecule has 0 fully saturated rings. The van der Waals surface area contributed by atoms with Gasteiger partial charge >= 0.3 is 5.97 Å². The van der Waals surface area contributed by atoms with Crippen LogP contribution in [0.5, 0.6) is 5.75 Å². The average molecular weight is 285 g/mol. The van der Waals surface area contributed by atoms with Crippen LogP contribution in [0.2, 0.25) is 0 Å². The second-order valence-corrected chi connectivity index (χ2v) is 4.81. The molecule has 0 heterocycles. The van der Waals surface area contributed by atoms with Gasteiger partial charge in [0.15, 0.2) is 0 Å². The maximum Gasteiger partial charge on any atom is 0.335 e. The molecule has 0 saturated carbocycles. The fourth-order valence-corrected chi connectivity index (χ4v) is 2.01. The summed E-state index contributed by atoms with van der Waals surface area (Å²) in [5.41, 5.74) is 2.24. The third-order valence-corrected chi connectivity index (χ3v) is 3.11. The Hall–Kier alpha value is -2.82. The number of hydrogen-bond acceptors (Lipinski definition) is 3. The Kier molecular flexibility index (Phi) is 3.93. The summed E-state index contributed by atoms with van der Waals surface area (Å²) < 4.78 is 0. The van der Waals surface area contributed by atoms with Gasteiger partial charge in [0.2, 0.25) is 0 Å². The van der Waals surface area contributed by atoms with Crippen LogP contribution in [0.3, 0.4) is 0 Å². The van der Waals surface area contributed by atoms with Crippen molar-refractivity contribution in [3.8, 4) is 5.75 Å². The molecule has 2 rings (SSSR count). The average Bonchev–Trinajstić information content (AvgIpc) is 2.41. The lowest BCUT2D eigenvalue weighted by Crippen LogP contribution is -2.13. The van der Waals surface area contributed by atoms with Crippen LogP contribution >= 0.6 is 0 Å². The van der Waals surface area contributed by atoms with Crippen molar-refractivity contribution in [2.75, 3.05) is 5.32 Å². The number of carbonyl (C=O) groups is 2. The molecule has 0 aliphatic rings. The summed E-state index contributed by atoms with van der Waals surface area (Å²) in [6.07, 6.45) is 0. The normalized spacial score (nSPS) is 10.2. The summed E-state index contributed by atoms with van der Waals surface area (Å²) in [5.74, 6) is -1.56. The monoisotopic (exact) mass is 285 g/mol. The number of nitrogens with one attached hydrogen (secondary N) is 1. The summed E-state index contributed by atoms with van der Waals surface area (Å²) in [5, 5.41) is 21.3. The smallest absolute Gasteiger partial charge is 0.335 e. The molecule has 21 heavy (non-hydrogen) atoms. The van der Waals surface area contributed by atoms with Gasteiger partial charge in [0.05, 0.1) is 11.1 Å². The number of carboxylic acid groups (broad SMARTS) is 1. The molecule has 3 N–H and O–H groups in total. The molecule has 0 atom stereocenters. The van der Waals surface area contributed by atoms with Crippen molar-refractivity contribution in [1.29, 1.82) is 0 Å². The Morgan fingerprint density at radius 3 is 2.33 bits per heavy atom. The highest BCUT2D eigenvalue weighted by Gasteiger charge is 2.13. The lowest BCUT2D eigenvalue weighted by atomic mass is 10.1. The van der Waals surface area contributed by atoms with Gasteiger partial charge in [0.25, 0.3) is 5.91 Å². The number of aromatic hydroxyl groups is 1. The Morgan fingerprint density at radius 2 is 1.71 bits per heavy atom. The first-order valence-electron chi connectivity index (χ1n) is 6.33. The van der Waals surface area contributed by atoms with E-state index in [2.05, 4.69) is 5.32 Å². The van der Waals surface area contributed by atoms with E-state index in [0.717, 1.165) is 5.56 Å². The van der Waals surface area contributed by atoms with Gasteiger partial charge in [0.1, 0.15) is 5.75 Å². The van der Waals surface area contributed by atoms with E-state index in [4.69, 9.17) is 5.11 Å². The lowest BCUT2D eigenvalue weighted by Gasteiger charge is -2.09. The number of phenolic OH excluding ortho intramolecular Hbond substituents is 1. The predicted octanol–water partition coefficient (Wildman–Crippen LogP) is 2.96. The summed E-state index contributed by atoms with van der Waals surface area (Å²) >= 11 is 0. The maximum atomic E-state index is 12.1. The van der Waals surface area contributed by atoms with Gasteiger partial charge in [-0.3, -0.25) is 4.79 Å². The topological polar surface area (TPSA) is 86.6 Å². The summed E-state index contributed by atoms with van der Waals surface area (Å²) in [7, 11) is 0. The molecular formula is C16H15NO4. The number of rotatable bonds is 3. The molecule has 5 nitrogen and oxygen atoms in total. The fourth-order valence-electron chi connectivity index (χ4n) is 2.01. The third-order valence-electron chi connectivity index (χ3n) is 3.11. The number of benzene rings is 2. The van der Waals surface area contributed by atoms with Gasteiger partial charge in [0, 0.05) is 5.69 Å². The first kappa shape index (κ1) is 14.6. The van der Waals surface area contributed by atoms with Crippen molar-refractivity contribution in [2.45, 2.75) is 13.8 Å². The summed E-state index contributed by atoms with van der Waals surface area (Å²) in [6.45, 7) is 3.48. The number of carboxylic acids is 1. The minimum absolute atomic E-state index is 0.100. The van der Waals surface area contributed by atoms with Gasteiger partial charge < -0.3 is 15.5 Å². The van der Waals surface area contributed by atoms with Crippen LogP contribution in [-0.2, 0) is 0 Å². The van der Waals surface area contributed by atoms with E-state index in [1.807, 2.05) is 6.92 Å². The molecule has 0 bridgehead atoms. The van der Waals surface area contributed by atoms with Crippen molar-refractivity contribution >= 4 is 17.6 Å². The van der Waals surface area contributed by atoms with Crippen molar-refractivity contribution in [2.24, 2.45) is 0 Å². The number of phenols is 1. The zero-order valence-electron chi connectivity index (χ0n) is 11.7. The Bertz CT molecular complexity index is 722. The largest absolute Gasteiger partial charge is 0.507 e. The van der Waals surface area contributed by atoms with E-state index in [1.165, 1.54) is 18.2 Å². The number of aromatic carboxylic acids is 1. The van der Waals surface area contributed by atoms with Crippen LogP contribution in [0.1, 0.15) is 31.8 Å². The molecule has 2 aromatic carbocycles. The van der Waals surface area contributed by atoms with E-state index in [1.54, 1.807) is 25.1 Å². The molecule has 0 aliphatic heterocycles. The molecule has 0 spiro atoms. The molecule has 5 heteroatoms. The van der Waals surface area contributed by atoms with Crippen LogP contribution < -0.4 is 5.32 Å². The highest BCUT2D eigenvalue weighted by atomic mass is 16.4. The van der Waals surface area contributed by atoms with E-state index in [0.29, 0.717) is 11.3 Å². The molecule has 1 amide bonds. The summed E-state index contributed by atoms with van der Waals surface area (Å²) in [4.78, 5) is 23.1. The van der Waals surface area contributed by atoms with Crippen LogP contribution in [-0.4, -0.2) is 22.1 Å². The van der Waals surface area contributed by atoms with Crippen molar-refractivity contribution < 1.29 is 19.8 Å². The van der Waals surface area contributed by atoms with E-state index in [9.17, 15) is 14.7 Å². The number of hydrogen-bond donors (Lipinski definition) is 3. The number of carbonyl (C=O) groups excluding carboxylic acids is 1. The van der Waals surface area contributed by atoms with Gasteiger partial charge in [-0.15, -0.1) is 0 Å². The number of aryl methyl sites for hydroxylation is 2. The molecule has 108 valence electrons. The standard InChI is InChI=1S/C16H15NO4/c1-9-3-6-14(18)13(7-9)15(19)17-11-4-5-12(16(20)21)10(2)8-11/h3-8,18H,1-2H3,(H,17,19)(H,20,21). The van der Waals surface area contributed by atoms with Crippen LogP contribution in [0.25, 0.3) is 0 Å². The first-order chi connectivity index (χ1) is 9.88. The Balaban J connectivity index is 2.26. The van der Waals surface area contributed by atoms with Crippen LogP contribution in [0.15, 0.2) is 36.4 Å². The van der Waals surface area contributed by atoms with Crippen molar-refractivity contribution in [3.05, 3.63) is 58.7 Å². The minimum atomic E-state index is -1.01. The van der Waals surface area contributed by atoms with Gasteiger partial charge in [-0.1, -0.05) is 11.6 Å². The van der Waals surface area contributed by atoms with Gasteiger partial charge in [-0.2, -0.15) is 0 Å². The SMILES string of the molecule is Cc1ccc(O)c(C(=O)Nc2ccc(C(=O)O)c(C)c2)c1. The van der Waals surface area contributed by atoms with Crippen molar-refractivity contribution in [3.63, 3.8) is 0 Å². The fraction of sp³-hybridized carbons (Fsp3) is 0.125. The first-order valence-corrected chi connectivity index (χ1v) is 6.33. The van der Waals surface area contributed by atoms with E-state index in [-0.39, 0.29) is 16.9 Å². The second kappa shape index (κ2) is 5.66. The molecule has 2 aromatic rings. The predicted molar refractivity (Wildman–Crippen MR) is 78.9 cm³/mol. The Morgan fingerprint density at radius 1 is 1.00 bits per heavy atom. The molecule has 0 radical (unpaired) electrons. The quantitative estimate of drug-likeness (QED) is 0.809. The lowest BCUT2D eigenvalue weighted by molar-refractivity contribution is 0.0696. The zero-order chi connectivity index (χ0) is 15.6. The molecular weight excluding hydrogens is 270 g/mol. The minimum Gasteiger partial charge on any atom is -0.507 e. The summed E-state index contributed by atoms with van der Waals surface area (Å²) in [6, 6.07) is 9.28. The molecule has 0 saturated heterocycles. The Labute approximate surface area is 121 Å². The zero-order valence-corrected chi connectivity index (χ0v) is 11.7. The van der Waals surface area contributed by atoms with E-state index >= 15 is 0 Å².